The minimum Gasteiger partial charge on any atom is -0.378 e. The van der Waals surface area contributed by atoms with Gasteiger partial charge in [-0.1, -0.05) is 33.1 Å². The average molecular weight is 353 g/mol. The molecule has 2 fully saturated rings. The zero-order chi connectivity index (χ0) is 18.1. The van der Waals surface area contributed by atoms with Gasteiger partial charge in [0.2, 0.25) is 5.91 Å². The van der Waals surface area contributed by atoms with Crippen LogP contribution < -0.4 is 10.6 Å². The third-order valence-corrected chi connectivity index (χ3v) is 5.08. The van der Waals surface area contributed by atoms with Crippen LogP contribution in [0.15, 0.2) is 4.99 Å². The number of carbonyl (C=O) groups is 1. The van der Waals surface area contributed by atoms with Crippen LogP contribution in [-0.4, -0.2) is 62.2 Å². The first-order valence-electron chi connectivity index (χ1n) is 9.97. The van der Waals surface area contributed by atoms with E-state index in [0.29, 0.717) is 6.10 Å². The van der Waals surface area contributed by atoms with Gasteiger partial charge in [0.25, 0.3) is 0 Å². The van der Waals surface area contributed by atoms with E-state index in [1.165, 1.54) is 32.1 Å². The van der Waals surface area contributed by atoms with E-state index < -0.39 is 0 Å². The van der Waals surface area contributed by atoms with Crippen molar-refractivity contribution in [3.63, 3.8) is 0 Å². The van der Waals surface area contributed by atoms with Crippen LogP contribution in [0.4, 0.5) is 0 Å². The highest BCUT2D eigenvalue weighted by molar-refractivity contribution is 5.81. The summed E-state index contributed by atoms with van der Waals surface area (Å²) in [5.41, 5.74) is 0. The molecule has 0 aromatic rings. The molecule has 0 spiro atoms. The van der Waals surface area contributed by atoms with Gasteiger partial charge in [-0.3, -0.25) is 9.79 Å². The van der Waals surface area contributed by atoms with E-state index in [1.54, 1.807) is 7.05 Å². The largest absolute Gasteiger partial charge is 0.378 e. The molecule has 1 amide bonds. The quantitative estimate of drug-likeness (QED) is 0.419. The summed E-state index contributed by atoms with van der Waals surface area (Å²) >= 11 is 0. The van der Waals surface area contributed by atoms with Crippen molar-refractivity contribution in [2.45, 2.75) is 70.9 Å². The molecule has 25 heavy (non-hydrogen) atoms. The topological polar surface area (TPSA) is 66.0 Å². The van der Waals surface area contributed by atoms with Gasteiger partial charge in [-0.15, -0.1) is 0 Å². The van der Waals surface area contributed by atoms with Crippen LogP contribution in [0, 0.1) is 5.92 Å². The first kappa shape index (κ1) is 20.0. The highest BCUT2D eigenvalue weighted by Gasteiger charge is 2.27. The van der Waals surface area contributed by atoms with Crippen molar-refractivity contribution in [3.05, 3.63) is 0 Å². The highest BCUT2D eigenvalue weighted by atomic mass is 16.5. The first-order chi connectivity index (χ1) is 12.1. The predicted molar refractivity (Wildman–Crippen MR) is 102 cm³/mol. The average Bonchev–Trinajstić information content (AvgIpc) is 3.09. The van der Waals surface area contributed by atoms with Gasteiger partial charge in [0.1, 0.15) is 0 Å². The van der Waals surface area contributed by atoms with E-state index >= 15 is 0 Å². The molecule has 2 rings (SSSR count). The number of carbonyl (C=O) groups excluding carboxylic acids is 1. The van der Waals surface area contributed by atoms with Gasteiger partial charge >= 0.3 is 0 Å². The van der Waals surface area contributed by atoms with Gasteiger partial charge in [-0.2, -0.15) is 0 Å². The van der Waals surface area contributed by atoms with Gasteiger partial charge in [0, 0.05) is 45.2 Å². The molecule has 144 valence electrons. The number of nitrogens with one attached hydrogen (secondary N) is 2. The second-order valence-corrected chi connectivity index (χ2v) is 7.55. The van der Waals surface area contributed by atoms with Gasteiger partial charge < -0.3 is 20.3 Å². The van der Waals surface area contributed by atoms with Crippen LogP contribution in [0.5, 0.6) is 0 Å². The van der Waals surface area contributed by atoms with Gasteiger partial charge in [-0.25, -0.2) is 0 Å². The fraction of sp³-hybridized carbons (Fsp3) is 0.895. The molecular weight excluding hydrogens is 316 g/mol. The maximum atomic E-state index is 12.1. The number of amides is 1. The fourth-order valence-corrected chi connectivity index (χ4v) is 3.59. The number of ether oxygens (including phenoxy) is 1. The van der Waals surface area contributed by atoms with Crippen molar-refractivity contribution in [3.8, 4) is 0 Å². The molecule has 0 aromatic carbocycles. The smallest absolute Gasteiger partial charge is 0.225 e. The fourth-order valence-electron chi connectivity index (χ4n) is 3.59. The highest BCUT2D eigenvalue weighted by Crippen LogP contribution is 2.20. The minimum absolute atomic E-state index is 0.0698. The molecule has 1 saturated heterocycles. The number of likely N-dealkylation sites (tertiary alicyclic amines) is 1. The zero-order valence-electron chi connectivity index (χ0n) is 16.2. The Hall–Kier alpha value is -1.30. The van der Waals surface area contributed by atoms with E-state index in [4.69, 9.17) is 4.74 Å². The molecule has 1 aliphatic heterocycles. The summed E-state index contributed by atoms with van der Waals surface area (Å²) in [6, 6.07) is 0.285. The number of aliphatic imine (C=N–C) groups is 1. The maximum absolute atomic E-state index is 12.1. The van der Waals surface area contributed by atoms with Gasteiger partial charge in [-0.05, 0) is 25.7 Å². The molecule has 6 heteroatoms. The third kappa shape index (κ3) is 6.84. The second kappa shape index (κ2) is 10.6. The van der Waals surface area contributed by atoms with E-state index in [1.807, 2.05) is 18.7 Å². The van der Waals surface area contributed by atoms with Crippen LogP contribution in [0.25, 0.3) is 0 Å². The van der Waals surface area contributed by atoms with Crippen molar-refractivity contribution in [2.75, 3.05) is 33.3 Å². The SMILES string of the molecule is CN=C(NCCCOC1CCCCC1)NC1CCN(C(=O)C(C)C)C1. The summed E-state index contributed by atoms with van der Waals surface area (Å²) in [6.07, 6.45) is 8.89. The Morgan fingerprint density at radius 1 is 1.24 bits per heavy atom. The number of hydrogen-bond donors (Lipinski definition) is 2. The third-order valence-electron chi connectivity index (χ3n) is 5.08. The van der Waals surface area contributed by atoms with Crippen molar-refractivity contribution >= 4 is 11.9 Å². The Morgan fingerprint density at radius 3 is 2.68 bits per heavy atom. The second-order valence-electron chi connectivity index (χ2n) is 7.55. The molecular formula is C19H36N4O2. The van der Waals surface area contributed by atoms with Crippen molar-refractivity contribution in [2.24, 2.45) is 10.9 Å². The standard InChI is InChI=1S/C19H36N4O2/c1-15(2)18(24)23-12-10-16(14-23)22-19(20-3)21-11-7-13-25-17-8-5-4-6-9-17/h15-17H,4-14H2,1-3H3,(H2,20,21,22). The van der Waals surface area contributed by atoms with E-state index in [0.717, 1.165) is 45.0 Å². The Bertz CT molecular complexity index is 433. The molecule has 1 saturated carbocycles. The molecule has 1 atom stereocenters. The molecule has 0 aromatic heterocycles. The van der Waals surface area contributed by atoms with Gasteiger partial charge in [0.05, 0.1) is 6.10 Å². The maximum Gasteiger partial charge on any atom is 0.225 e. The molecule has 6 nitrogen and oxygen atoms in total. The summed E-state index contributed by atoms with van der Waals surface area (Å²) in [7, 11) is 1.79. The monoisotopic (exact) mass is 352 g/mol. The Morgan fingerprint density at radius 2 is 2.00 bits per heavy atom. The lowest BCUT2D eigenvalue weighted by Crippen LogP contribution is -2.45. The number of rotatable bonds is 7. The summed E-state index contributed by atoms with van der Waals surface area (Å²) in [4.78, 5) is 18.3. The van der Waals surface area contributed by atoms with Crippen LogP contribution in [-0.2, 0) is 9.53 Å². The minimum atomic E-state index is 0.0698. The number of nitrogens with zero attached hydrogens (tertiary/aromatic N) is 2. The number of hydrogen-bond acceptors (Lipinski definition) is 3. The van der Waals surface area contributed by atoms with Crippen LogP contribution in [0.3, 0.4) is 0 Å². The molecule has 1 aliphatic carbocycles. The van der Waals surface area contributed by atoms with Crippen molar-refractivity contribution < 1.29 is 9.53 Å². The van der Waals surface area contributed by atoms with E-state index in [-0.39, 0.29) is 17.9 Å². The van der Waals surface area contributed by atoms with Crippen molar-refractivity contribution in [1.82, 2.24) is 15.5 Å². The van der Waals surface area contributed by atoms with Crippen LogP contribution in [0.1, 0.15) is 58.8 Å². The molecule has 0 radical (unpaired) electrons. The zero-order valence-corrected chi connectivity index (χ0v) is 16.2. The van der Waals surface area contributed by atoms with Crippen molar-refractivity contribution in [1.29, 1.82) is 0 Å². The normalized spacial score (nSPS) is 22.5. The lowest BCUT2D eigenvalue weighted by Gasteiger charge is -2.22. The molecule has 0 bridgehead atoms. The summed E-state index contributed by atoms with van der Waals surface area (Å²) in [5, 5.41) is 6.79. The number of guanidine groups is 1. The summed E-state index contributed by atoms with van der Waals surface area (Å²) in [5.74, 6) is 1.13. The Balaban J connectivity index is 1.58. The Kier molecular flexibility index (Phi) is 8.52. The molecule has 1 heterocycles. The molecule has 2 aliphatic rings. The summed E-state index contributed by atoms with van der Waals surface area (Å²) in [6.45, 7) is 7.18. The lowest BCUT2D eigenvalue weighted by atomic mass is 9.98. The predicted octanol–water partition coefficient (Wildman–Crippen LogP) is 2.15. The first-order valence-corrected chi connectivity index (χ1v) is 9.97. The van der Waals surface area contributed by atoms with E-state index in [2.05, 4.69) is 15.6 Å². The molecule has 1 unspecified atom stereocenters. The molecule has 2 N–H and O–H groups in total. The van der Waals surface area contributed by atoms with Crippen LogP contribution >= 0.6 is 0 Å². The summed E-state index contributed by atoms with van der Waals surface area (Å²) < 4.78 is 5.95. The van der Waals surface area contributed by atoms with E-state index in [9.17, 15) is 4.79 Å². The lowest BCUT2D eigenvalue weighted by molar-refractivity contribution is -0.133. The Labute approximate surface area is 152 Å². The van der Waals surface area contributed by atoms with Gasteiger partial charge in [0.15, 0.2) is 5.96 Å². The van der Waals surface area contributed by atoms with Crippen LogP contribution in [0.2, 0.25) is 0 Å².